The predicted molar refractivity (Wildman–Crippen MR) is 64.2 cm³/mol. The van der Waals surface area contributed by atoms with Gasteiger partial charge >= 0.3 is 7.60 Å². The molecule has 6 heteroatoms. The van der Waals surface area contributed by atoms with Crippen molar-refractivity contribution < 1.29 is 13.6 Å². The fourth-order valence-corrected chi connectivity index (χ4v) is 4.05. The van der Waals surface area contributed by atoms with E-state index in [4.69, 9.17) is 19.6 Å². The molecule has 0 N–H and O–H groups in total. The van der Waals surface area contributed by atoms with Gasteiger partial charge in [-0.05, 0) is 19.8 Å². The first-order chi connectivity index (χ1) is 7.96. The van der Waals surface area contributed by atoms with Crippen LogP contribution in [0.2, 0.25) is 0 Å². The van der Waals surface area contributed by atoms with E-state index in [1.54, 1.807) is 27.7 Å². The maximum Gasteiger partial charge on any atom is 0.336 e. The van der Waals surface area contributed by atoms with E-state index in [1.165, 1.54) is 0 Å². The van der Waals surface area contributed by atoms with Gasteiger partial charge in [-0.3, -0.25) is 4.57 Å². The van der Waals surface area contributed by atoms with Gasteiger partial charge in [-0.15, -0.1) is 0 Å². The molecule has 0 aromatic heterocycles. The van der Waals surface area contributed by atoms with Crippen molar-refractivity contribution in [1.82, 2.24) is 0 Å². The lowest BCUT2D eigenvalue weighted by Gasteiger charge is -2.29. The first kappa shape index (κ1) is 16.1. The molecule has 0 heterocycles. The molecule has 0 saturated carbocycles. The van der Waals surface area contributed by atoms with Crippen molar-refractivity contribution in [3.8, 4) is 12.1 Å². The van der Waals surface area contributed by atoms with Crippen LogP contribution in [0.3, 0.4) is 0 Å². The molecule has 0 unspecified atom stereocenters. The second kappa shape index (κ2) is 7.45. The molecule has 0 fully saturated rings. The molecule has 17 heavy (non-hydrogen) atoms. The Kier molecular flexibility index (Phi) is 7.07. The van der Waals surface area contributed by atoms with Crippen LogP contribution in [0.15, 0.2) is 0 Å². The normalized spacial score (nSPS) is 13.4. The average Bonchev–Trinajstić information content (AvgIpc) is 2.25. The van der Waals surface area contributed by atoms with Gasteiger partial charge in [0.05, 0.1) is 31.0 Å². The summed E-state index contributed by atoms with van der Waals surface area (Å²) in [5, 5.41) is 17.9. The Morgan fingerprint density at radius 2 is 1.53 bits per heavy atom. The maximum absolute atomic E-state index is 12.6. The lowest BCUT2D eigenvalue weighted by atomic mass is 9.99. The highest BCUT2D eigenvalue weighted by Crippen LogP contribution is 2.57. The van der Waals surface area contributed by atoms with Crippen LogP contribution in [0.1, 0.15) is 27.7 Å². The molecule has 0 aromatic rings. The molecule has 5 nitrogen and oxygen atoms in total. The van der Waals surface area contributed by atoms with Crippen LogP contribution in [0.5, 0.6) is 0 Å². The summed E-state index contributed by atoms with van der Waals surface area (Å²) >= 11 is 0. The topological polar surface area (TPSA) is 83.1 Å². The molecule has 0 radical (unpaired) electrons. The molecular formula is C11H19N2O3P. The third-order valence-corrected chi connectivity index (χ3v) is 5.15. The molecule has 0 aromatic carbocycles. The van der Waals surface area contributed by atoms with Gasteiger partial charge in [-0.1, -0.05) is 13.8 Å². The van der Waals surface area contributed by atoms with Crippen molar-refractivity contribution in [2.75, 3.05) is 13.2 Å². The minimum absolute atomic E-state index is 0.136. The van der Waals surface area contributed by atoms with Crippen molar-refractivity contribution >= 4 is 7.60 Å². The number of hydrogen-bond acceptors (Lipinski definition) is 5. The molecule has 0 amide bonds. The van der Waals surface area contributed by atoms with Crippen molar-refractivity contribution in [2.45, 2.75) is 33.4 Å². The summed E-state index contributed by atoms with van der Waals surface area (Å²) in [5.41, 5.74) is -0.711. The van der Waals surface area contributed by atoms with Crippen LogP contribution in [0.4, 0.5) is 0 Å². The van der Waals surface area contributed by atoms with Crippen LogP contribution in [-0.4, -0.2) is 18.9 Å². The molecule has 0 spiro atoms. The second-order valence-corrected chi connectivity index (χ2v) is 6.04. The van der Waals surface area contributed by atoms with E-state index < -0.39 is 19.2 Å². The third kappa shape index (κ3) is 4.13. The van der Waals surface area contributed by atoms with Crippen LogP contribution in [0.25, 0.3) is 0 Å². The maximum atomic E-state index is 12.6. The monoisotopic (exact) mass is 258 g/mol. The van der Waals surface area contributed by atoms with Crippen molar-refractivity contribution in [3.63, 3.8) is 0 Å². The molecule has 0 aliphatic heterocycles. The Morgan fingerprint density at radius 3 is 1.76 bits per heavy atom. The Hall–Kier alpha value is -0.870. The van der Waals surface area contributed by atoms with Crippen LogP contribution >= 0.6 is 7.60 Å². The molecule has 96 valence electrons. The molecule has 0 aliphatic carbocycles. The van der Waals surface area contributed by atoms with Crippen molar-refractivity contribution in [2.24, 2.45) is 11.8 Å². The quantitative estimate of drug-likeness (QED) is 0.655. The Morgan fingerprint density at radius 1 is 1.12 bits per heavy atom. The summed E-state index contributed by atoms with van der Waals surface area (Å²) in [6.07, 6.45) is 0. The summed E-state index contributed by atoms with van der Waals surface area (Å²) < 4.78 is 23.0. The standard InChI is InChI=1S/C11H19N2O3P/c1-5-15-17(14,16-6-2)11(9(3)4)10(7-12)8-13/h9-11H,5-6H2,1-4H3/t11-/m0/s1. The zero-order valence-electron chi connectivity index (χ0n) is 10.7. The lowest BCUT2D eigenvalue weighted by Crippen LogP contribution is -2.27. The van der Waals surface area contributed by atoms with E-state index in [-0.39, 0.29) is 19.1 Å². The zero-order chi connectivity index (χ0) is 13.5. The lowest BCUT2D eigenvalue weighted by molar-refractivity contribution is 0.202. The zero-order valence-corrected chi connectivity index (χ0v) is 11.6. The molecule has 0 aliphatic rings. The number of rotatable bonds is 7. The highest BCUT2D eigenvalue weighted by Gasteiger charge is 2.43. The summed E-state index contributed by atoms with van der Waals surface area (Å²) in [5.74, 6) is -1.12. The van der Waals surface area contributed by atoms with Gasteiger partial charge in [0.25, 0.3) is 0 Å². The Bertz CT molecular complexity index is 333. The molecule has 0 saturated heterocycles. The number of nitriles is 2. The van der Waals surface area contributed by atoms with Gasteiger partial charge in [0.15, 0.2) is 0 Å². The van der Waals surface area contributed by atoms with E-state index in [1.807, 2.05) is 12.1 Å². The van der Waals surface area contributed by atoms with Crippen LogP contribution in [-0.2, 0) is 13.6 Å². The summed E-state index contributed by atoms with van der Waals surface area (Å²) in [7, 11) is -3.42. The Balaban J connectivity index is 5.34. The van der Waals surface area contributed by atoms with Gasteiger partial charge in [-0.2, -0.15) is 10.5 Å². The minimum atomic E-state index is -3.42. The average molecular weight is 258 g/mol. The molecule has 0 bridgehead atoms. The van der Waals surface area contributed by atoms with Gasteiger partial charge < -0.3 is 9.05 Å². The SMILES string of the molecule is CCOP(=O)(OCC)[C@@H](C(C)C)C(C#N)C#N. The molecule has 1 atom stereocenters. The van der Waals surface area contributed by atoms with Gasteiger partial charge in [0, 0.05) is 0 Å². The van der Waals surface area contributed by atoms with E-state index in [0.29, 0.717) is 0 Å². The summed E-state index contributed by atoms with van der Waals surface area (Å²) in [6, 6.07) is 3.72. The number of nitrogens with zero attached hydrogens (tertiary/aromatic N) is 2. The van der Waals surface area contributed by atoms with Gasteiger partial charge in [0.2, 0.25) is 0 Å². The van der Waals surface area contributed by atoms with E-state index >= 15 is 0 Å². The highest BCUT2D eigenvalue weighted by atomic mass is 31.2. The van der Waals surface area contributed by atoms with Crippen molar-refractivity contribution in [3.05, 3.63) is 0 Å². The van der Waals surface area contributed by atoms with Gasteiger partial charge in [0.1, 0.15) is 5.92 Å². The van der Waals surface area contributed by atoms with Crippen LogP contribution in [0, 0.1) is 34.5 Å². The minimum Gasteiger partial charge on any atom is -0.309 e. The van der Waals surface area contributed by atoms with Crippen LogP contribution < -0.4 is 0 Å². The van der Waals surface area contributed by atoms with E-state index in [0.717, 1.165) is 0 Å². The fourth-order valence-electron chi connectivity index (χ4n) is 1.68. The fraction of sp³-hybridized carbons (Fsp3) is 0.818. The second-order valence-electron chi connectivity index (χ2n) is 3.85. The molecule has 0 rings (SSSR count). The summed E-state index contributed by atoms with van der Waals surface area (Å²) in [4.78, 5) is 0. The smallest absolute Gasteiger partial charge is 0.309 e. The predicted octanol–water partition coefficient (Wildman–Crippen LogP) is 2.94. The third-order valence-electron chi connectivity index (χ3n) is 2.29. The molecular weight excluding hydrogens is 239 g/mol. The highest BCUT2D eigenvalue weighted by molar-refractivity contribution is 7.54. The van der Waals surface area contributed by atoms with Gasteiger partial charge in [-0.25, -0.2) is 0 Å². The summed E-state index contributed by atoms with van der Waals surface area (Å²) in [6.45, 7) is 7.47. The van der Waals surface area contributed by atoms with E-state index in [2.05, 4.69) is 0 Å². The first-order valence-electron chi connectivity index (χ1n) is 5.64. The first-order valence-corrected chi connectivity index (χ1v) is 7.26. The number of hydrogen-bond donors (Lipinski definition) is 0. The Labute approximate surface area is 103 Å². The largest absolute Gasteiger partial charge is 0.336 e. The van der Waals surface area contributed by atoms with Crippen molar-refractivity contribution in [1.29, 1.82) is 10.5 Å². The van der Waals surface area contributed by atoms with E-state index in [9.17, 15) is 4.57 Å².